The first-order chi connectivity index (χ1) is 21.3. The van der Waals surface area contributed by atoms with E-state index in [1.54, 1.807) is 35.2 Å². The number of ether oxygens (including phenoxy) is 2. The number of piperidine rings is 2. The third-order valence-corrected chi connectivity index (χ3v) is 9.40. The van der Waals surface area contributed by atoms with Crippen LogP contribution >= 0.6 is 27.5 Å². The molecule has 2 N–H and O–H groups in total. The monoisotopic (exact) mass is 697 g/mol. The van der Waals surface area contributed by atoms with Crippen LogP contribution < -0.4 is 15.4 Å². The van der Waals surface area contributed by atoms with Gasteiger partial charge in [-0.25, -0.2) is 9.18 Å². The van der Waals surface area contributed by atoms with Crippen molar-refractivity contribution in [3.8, 4) is 5.75 Å². The second-order valence-corrected chi connectivity index (χ2v) is 14.1. The van der Waals surface area contributed by atoms with Crippen molar-refractivity contribution in [1.82, 2.24) is 10.2 Å². The topological polar surface area (TPSA) is 97.0 Å². The van der Waals surface area contributed by atoms with Crippen LogP contribution in [0.15, 0.2) is 65.1 Å². The zero-order valence-electron chi connectivity index (χ0n) is 25.2. The van der Waals surface area contributed by atoms with E-state index in [1.165, 1.54) is 12.1 Å². The van der Waals surface area contributed by atoms with Crippen LogP contribution in [0.1, 0.15) is 68.7 Å². The second-order valence-electron chi connectivity index (χ2n) is 12.8. The number of nitrogens with zero attached hydrogens (tertiary/aromatic N) is 1. The molecule has 3 aromatic rings. The van der Waals surface area contributed by atoms with Crippen molar-refractivity contribution >= 4 is 51.1 Å². The smallest absolute Gasteiger partial charge is 0.410 e. The summed E-state index contributed by atoms with van der Waals surface area (Å²) in [5.74, 6) is -1.21. The number of fused-ring (bicyclic) bond motifs is 2. The molecule has 2 saturated heterocycles. The predicted molar refractivity (Wildman–Crippen MR) is 172 cm³/mol. The van der Waals surface area contributed by atoms with Gasteiger partial charge in [-0.1, -0.05) is 45.7 Å². The van der Waals surface area contributed by atoms with Crippen LogP contribution in [0.3, 0.4) is 0 Å². The van der Waals surface area contributed by atoms with Gasteiger partial charge in [-0.15, -0.1) is 0 Å². The fourth-order valence-corrected chi connectivity index (χ4v) is 7.34. The highest BCUT2D eigenvalue weighted by Gasteiger charge is 2.61. The van der Waals surface area contributed by atoms with Crippen molar-refractivity contribution in [2.24, 2.45) is 0 Å². The van der Waals surface area contributed by atoms with Crippen molar-refractivity contribution in [2.75, 3.05) is 18.4 Å². The van der Waals surface area contributed by atoms with Gasteiger partial charge in [0.2, 0.25) is 11.8 Å². The van der Waals surface area contributed by atoms with E-state index in [-0.39, 0.29) is 30.4 Å². The minimum Gasteiger partial charge on any atom is -0.490 e. The SMILES string of the molecule is CC(C)(C)OC(=O)N1CCC(Oc2ccc(Br)cc2[C@H]2CC(=O)N[C@@H](c3cccc(F)c3)[C@]23C(=O)Nc2cc(Cl)ccc23)CC1. The summed E-state index contributed by atoms with van der Waals surface area (Å²) in [6, 6.07) is 15.9. The molecular formula is C34H34BrClFN3O5. The predicted octanol–water partition coefficient (Wildman–Crippen LogP) is 7.25. The van der Waals surface area contributed by atoms with Gasteiger partial charge in [-0.2, -0.15) is 0 Å². The minimum atomic E-state index is -1.35. The van der Waals surface area contributed by atoms with Gasteiger partial charge in [0.1, 0.15) is 28.7 Å². The lowest BCUT2D eigenvalue weighted by molar-refractivity contribution is -0.131. The van der Waals surface area contributed by atoms with Gasteiger partial charge in [0, 0.05) is 59.0 Å². The number of carbonyl (C=O) groups excluding carboxylic acids is 3. The summed E-state index contributed by atoms with van der Waals surface area (Å²) < 4.78 is 27.5. The molecule has 8 nitrogen and oxygen atoms in total. The number of amides is 3. The van der Waals surface area contributed by atoms with Gasteiger partial charge < -0.3 is 25.0 Å². The molecule has 3 aliphatic heterocycles. The number of hydrogen-bond acceptors (Lipinski definition) is 5. The van der Waals surface area contributed by atoms with E-state index in [4.69, 9.17) is 21.1 Å². The van der Waals surface area contributed by atoms with Crippen molar-refractivity contribution < 1.29 is 28.2 Å². The molecule has 0 saturated carbocycles. The molecule has 1 spiro atoms. The fraction of sp³-hybridized carbons (Fsp3) is 0.382. The molecule has 6 rings (SSSR count). The molecule has 3 atom stereocenters. The summed E-state index contributed by atoms with van der Waals surface area (Å²) in [5.41, 5.74) is 0.417. The van der Waals surface area contributed by atoms with Crippen LogP contribution in [0.2, 0.25) is 5.02 Å². The van der Waals surface area contributed by atoms with Crippen LogP contribution in [-0.4, -0.2) is 47.6 Å². The molecule has 3 aliphatic rings. The fourth-order valence-electron chi connectivity index (χ4n) is 6.79. The Balaban J connectivity index is 1.40. The van der Waals surface area contributed by atoms with Gasteiger partial charge in [-0.05, 0) is 74.4 Å². The Labute approximate surface area is 274 Å². The standard InChI is InChI=1S/C34H34BrClFN3O5/c1-33(2,3)45-32(43)40-13-11-23(12-14-40)44-28-10-7-20(35)16-24(28)26-18-29(41)39-30(19-5-4-6-22(37)15-19)34(26)25-9-8-21(36)17-27(25)38-31(34)42/h4-10,15-17,23,26,30H,11-14,18H2,1-3H3,(H,38,42)(H,39,41)/t26-,30+,34-/m1/s1. The molecule has 0 aromatic heterocycles. The van der Waals surface area contributed by atoms with Crippen molar-refractivity contribution in [3.05, 3.63) is 92.7 Å². The molecule has 3 aromatic carbocycles. The molecule has 11 heteroatoms. The summed E-state index contributed by atoms with van der Waals surface area (Å²) >= 11 is 9.93. The number of hydrogen-bond donors (Lipinski definition) is 2. The maximum absolute atomic E-state index is 14.6. The third-order valence-electron chi connectivity index (χ3n) is 8.67. The zero-order chi connectivity index (χ0) is 32.1. The van der Waals surface area contributed by atoms with Crippen LogP contribution in [0.4, 0.5) is 14.9 Å². The number of anilines is 1. The highest BCUT2D eigenvalue weighted by Crippen LogP contribution is 2.59. The van der Waals surface area contributed by atoms with Gasteiger partial charge in [0.05, 0.1) is 6.04 Å². The minimum absolute atomic E-state index is 0.00873. The van der Waals surface area contributed by atoms with Crippen LogP contribution in [-0.2, 0) is 19.7 Å². The highest BCUT2D eigenvalue weighted by atomic mass is 79.9. The van der Waals surface area contributed by atoms with Gasteiger partial charge >= 0.3 is 6.09 Å². The Morgan fingerprint density at radius 1 is 1.07 bits per heavy atom. The van der Waals surface area contributed by atoms with Crippen LogP contribution in [0, 0.1) is 5.82 Å². The lowest BCUT2D eigenvalue weighted by Gasteiger charge is -2.46. The first-order valence-electron chi connectivity index (χ1n) is 15.0. The Bertz CT molecular complexity index is 1670. The lowest BCUT2D eigenvalue weighted by atomic mass is 9.59. The van der Waals surface area contributed by atoms with E-state index in [0.717, 1.165) is 4.47 Å². The number of benzene rings is 3. The lowest BCUT2D eigenvalue weighted by Crippen LogP contribution is -2.57. The van der Waals surface area contributed by atoms with Crippen molar-refractivity contribution in [1.29, 1.82) is 0 Å². The highest BCUT2D eigenvalue weighted by molar-refractivity contribution is 9.10. The van der Waals surface area contributed by atoms with E-state index >= 15 is 0 Å². The summed E-state index contributed by atoms with van der Waals surface area (Å²) in [7, 11) is 0. The number of likely N-dealkylation sites (tertiary alicyclic amines) is 1. The molecule has 3 amide bonds. The van der Waals surface area contributed by atoms with E-state index in [9.17, 15) is 18.8 Å². The summed E-state index contributed by atoms with van der Waals surface area (Å²) in [6.45, 7) is 6.46. The number of nitrogens with one attached hydrogen (secondary N) is 2. The molecule has 236 valence electrons. The molecule has 2 fully saturated rings. The maximum atomic E-state index is 14.6. The normalized spacial score (nSPS) is 23.4. The number of rotatable bonds is 4. The zero-order valence-corrected chi connectivity index (χ0v) is 27.5. The quantitative estimate of drug-likeness (QED) is 0.299. The van der Waals surface area contributed by atoms with Crippen molar-refractivity contribution in [3.63, 3.8) is 0 Å². The molecule has 3 heterocycles. The average molecular weight is 699 g/mol. The second kappa shape index (κ2) is 11.9. The first-order valence-corrected chi connectivity index (χ1v) is 16.1. The molecular weight excluding hydrogens is 665 g/mol. The third kappa shape index (κ3) is 6.02. The molecule has 0 bridgehead atoms. The summed E-state index contributed by atoms with van der Waals surface area (Å²) in [6.07, 6.45) is 0.595. The number of carbonyl (C=O) groups is 3. The molecule has 45 heavy (non-hydrogen) atoms. The average Bonchev–Trinajstić information content (AvgIpc) is 3.25. The Kier molecular flexibility index (Phi) is 8.33. The van der Waals surface area contributed by atoms with Gasteiger partial charge in [0.15, 0.2) is 0 Å². The molecule has 0 aliphatic carbocycles. The summed E-state index contributed by atoms with van der Waals surface area (Å²) in [4.78, 5) is 42.1. The summed E-state index contributed by atoms with van der Waals surface area (Å²) in [5, 5.41) is 6.48. The first kappa shape index (κ1) is 31.4. The van der Waals surface area contributed by atoms with E-state index in [2.05, 4.69) is 26.6 Å². The molecule has 0 unspecified atom stereocenters. The number of halogens is 3. The van der Waals surface area contributed by atoms with Crippen molar-refractivity contribution in [2.45, 2.75) is 69.1 Å². The van der Waals surface area contributed by atoms with Crippen LogP contribution in [0.25, 0.3) is 0 Å². The van der Waals surface area contributed by atoms with E-state index < -0.39 is 28.8 Å². The van der Waals surface area contributed by atoms with Crippen LogP contribution in [0.5, 0.6) is 5.75 Å². The van der Waals surface area contributed by atoms with Gasteiger partial charge in [-0.3, -0.25) is 9.59 Å². The molecule has 0 radical (unpaired) electrons. The Morgan fingerprint density at radius 3 is 2.53 bits per heavy atom. The Morgan fingerprint density at radius 2 is 1.82 bits per heavy atom. The Hall–Kier alpha value is -3.63. The maximum Gasteiger partial charge on any atom is 0.410 e. The van der Waals surface area contributed by atoms with Gasteiger partial charge in [0.25, 0.3) is 0 Å². The largest absolute Gasteiger partial charge is 0.490 e. The van der Waals surface area contributed by atoms with E-state index in [0.29, 0.717) is 59.1 Å². The van der Waals surface area contributed by atoms with E-state index in [1.807, 2.05) is 39.0 Å².